The highest BCUT2D eigenvalue weighted by atomic mass is 15.2. The molecule has 1 aromatic heterocycles. The second-order valence-electron chi connectivity index (χ2n) is 4.88. The highest BCUT2D eigenvalue weighted by Gasteiger charge is 2.08. The second kappa shape index (κ2) is 6.23. The standard InChI is InChI=1S/C16H21N3/c1-13-10-11-18-16(15(13)17)19(2)12-6-9-14-7-4-3-5-8-14/h3-5,7-8,10-11H,6,9,12,17H2,1-2H3. The Morgan fingerprint density at radius 3 is 2.63 bits per heavy atom. The van der Waals surface area contributed by atoms with Crippen molar-refractivity contribution >= 4 is 11.5 Å². The molecule has 100 valence electrons. The zero-order valence-corrected chi connectivity index (χ0v) is 11.6. The van der Waals surface area contributed by atoms with Crippen molar-refractivity contribution in [3.8, 4) is 0 Å². The summed E-state index contributed by atoms with van der Waals surface area (Å²) in [6.07, 6.45) is 3.99. The van der Waals surface area contributed by atoms with E-state index in [0.29, 0.717) is 0 Å². The number of hydrogen-bond acceptors (Lipinski definition) is 3. The molecule has 2 aromatic rings. The Balaban J connectivity index is 1.91. The molecule has 0 radical (unpaired) electrons. The SMILES string of the molecule is Cc1ccnc(N(C)CCCc2ccccc2)c1N. The Kier molecular flexibility index (Phi) is 4.39. The van der Waals surface area contributed by atoms with Crippen LogP contribution in [0.25, 0.3) is 0 Å². The molecule has 0 amide bonds. The average Bonchev–Trinajstić information content (AvgIpc) is 2.43. The number of aryl methyl sites for hydroxylation is 2. The summed E-state index contributed by atoms with van der Waals surface area (Å²) in [6, 6.07) is 12.5. The molecule has 0 saturated heterocycles. The Labute approximate surface area is 115 Å². The summed E-state index contributed by atoms with van der Waals surface area (Å²) in [5.41, 5.74) is 9.30. The second-order valence-corrected chi connectivity index (χ2v) is 4.88. The van der Waals surface area contributed by atoms with Gasteiger partial charge in [0.25, 0.3) is 0 Å². The zero-order valence-electron chi connectivity index (χ0n) is 11.6. The number of anilines is 2. The van der Waals surface area contributed by atoms with E-state index < -0.39 is 0 Å². The number of rotatable bonds is 5. The molecular weight excluding hydrogens is 234 g/mol. The normalized spacial score (nSPS) is 10.4. The van der Waals surface area contributed by atoms with Crippen molar-refractivity contribution in [3.05, 3.63) is 53.7 Å². The maximum Gasteiger partial charge on any atom is 0.151 e. The summed E-state index contributed by atoms with van der Waals surface area (Å²) in [4.78, 5) is 6.50. The fraction of sp³-hybridized carbons (Fsp3) is 0.312. The zero-order chi connectivity index (χ0) is 13.7. The van der Waals surface area contributed by atoms with Gasteiger partial charge in [-0.1, -0.05) is 30.3 Å². The number of nitrogens with two attached hydrogens (primary N) is 1. The van der Waals surface area contributed by atoms with Gasteiger partial charge >= 0.3 is 0 Å². The summed E-state index contributed by atoms with van der Waals surface area (Å²) in [5.74, 6) is 0.882. The van der Waals surface area contributed by atoms with Crippen molar-refractivity contribution in [2.24, 2.45) is 0 Å². The van der Waals surface area contributed by atoms with Gasteiger partial charge < -0.3 is 10.6 Å². The van der Waals surface area contributed by atoms with Crippen LogP contribution in [-0.2, 0) is 6.42 Å². The fourth-order valence-electron chi connectivity index (χ4n) is 2.13. The summed E-state index contributed by atoms with van der Waals surface area (Å²) >= 11 is 0. The van der Waals surface area contributed by atoms with Gasteiger partial charge in [-0.25, -0.2) is 4.98 Å². The Morgan fingerprint density at radius 2 is 1.89 bits per heavy atom. The first-order chi connectivity index (χ1) is 9.18. The van der Waals surface area contributed by atoms with Crippen LogP contribution in [-0.4, -0.2) is 18.6 Å². The van der Waals surface area contributed by atoms with Gasteiger partial charge in [-0.05, 0) is 37.0 Å². The van der Waals surface area contributed by atoms with E-state index in [0.717, 1.165) is 36.5 Å². The van der Waals surface area contributed by atoms with Gasteiger partial charge in [-0.2, -0.15) is 0 Å². The third-order valence-corrected chi connectivity index (χ3v) is 3.35. The van der Waals surface area contributed by atoms with E-state index >= 15 is 0 Å². The lowest BCUT2D eigenvalue weighted by Crippen LogP contribution is -2.21. The van der Waals surface area contributed by atoms with E-state index in [1.54, 1.807) is 0 Å². The predicted octanol–water partition coefficient (Wildman–Crippen LogP) is 3.04. The van der Waals surface area contributed by atoms with Crippen LogP contribution in [0.2, 0.25) is 0 Å². The Morgan fingerprint density at radius 1 is 1.16 bits per heavy atom. The van der Waals surface area contributed by atoms with Crippen LogP contribution in [0.5, 0.6) is 0 Å². The highest BCUT2D eigenvalue weighted by Crippen LogP contribution is 2.22. The van der Waals surface area contributed by atoms with Crippen molar-refractivity contribution in [2.45, 2.75) is 19.8 Å². The van der Waals surface area contributed by atoms with Crippen LogP contribution in [0, 0.1) is 6.92 Å². The molecule has 0 fully saturated rings. The summed E-state index contributed by atoms with van der Waals surface area (Å²) in [5, 5.41) is 0. The van der Waals surface area contributed by atoms with Crippen LogP contribution < -0.4 is 10.6 Å². The number of nitrogen functional groups attached to an aromatic ring is 1. The number of nitrogens with zero attached hydrogens (tertiary/aromatic N) is 2. The lowest BCUT2D eigenvalue weighted by Gasteiger charge is -2.20. The van der Waals surface area contributed by atoms with E-state index in [9.17, 15) is 0 Å². The fourth-order valence-corrected chi connectivity index (χ4v) is 2.13. The molecule has 19 heavy (non-hydrogen) atoms. The molecule has 2 rings (SSSR count). The van der Waals surface area contributed by atoms with E-state index in [4.69, 9.17) is 5.73 Å². The maximum atomic E-state index is 6.06. The van der Waals surface area contributed by atoms with Gasteiger partial charge in [0, 0.05) is 19.8 Å². The lowest BCUT2D eigenvalue weighted by molar-refractivity contribution is 0.778. The number of pyridine rings is 1. The van der Waals surface area contributed by atoms with E-state index in [1.807, 2.05) is 32.3 Å². The van der Waals surface area contributed by atoms with Crippen LogP contribution in [0.3, 0.4) is 0 Å². The Bertz CT molecular complexity index is 523. The maximum absolute atomic E-state index is 6.06. The molecular formula is C16H21N3. The van der Waals surface area contributed by atoms with Gasteiger partial charge in [0.2, 0.25) is 0 Å². The van der Waals surface area contributed by atoms with Gasteiger partial charge in [-0.15, -0.1) is 0 Å². The summed E-state index contributed by atoms with van der Waals surface area (Å²) in [7, 11) is 2.04. The minimum Gasteiger partial charge on any atom is -0.396 e. The van der Waals surface area contributed by atoms with Gasteiger partial charge in [-0.3, -0.25) is 0 Å². The molecule has 0 aliphatic carbocycles. The third kappa shape index (κ3) is 3.47. The third-order valence-electron chi connectivity index (χ3n) is 3.35. The molecule has 3 nitrogen and oxygen atoms in total. The first-order valence-electron chi connectivity index (χ1n) is 6.64. The summed E-state index contributed by atoms with van der Waals surface area (Å²) in [6.45, 7) is 2.97. The van der Waals surface area contributed by atoms with E-state index in [-0.39, 0.29) is 0 Å². The van der Waals surface area contributed by atoms with Gasteiger partial charge in [0.05, 0.1) is 5.69 Å². The van der Waals surface area contributed by atoms with Crippen molar-refractivity contribution in [1.82, 2.24) is 4.98 Å². The largest absolute Gasteiger partial charge is 0.396 e. The first kappa shape index (κ1) is 13.4. The van der Waals surface area contributed by atoms with E-state index in [2.05, 4.69) is 34.1 Å². The minimum absolute atomic E-state index is 0.782. The van der Waals surface area contributed by atoms with Crippen LogP contribution in [0.4, 0.5) is 11.5 Å². The highest BCUT2D eigenvalue weighted by molar-refractivity contribution is 5.65. The average molecular weight is 255 g/mol. The monoisotopic (exact) mass is 255 g/mol. The molecule has 0 bridgehead atoms. The molecule has 1 aromatic carbocycles. The van der Waals surface area contributed by atoms with Crippen molar-refractivity contribution in [3.63, 3.8) is 0 Å². The number of benzene rings is 1. The summed E-state index contributed by atoms with van der Waals surface area (Å²) < 4.78 is 0. The first-order valence-corrected chi connectivity index (χ1v) is 6.64. The smallest absolute Gasteiger partial charge is 0.151 e. The van der Waals surface area contributed by atoms with Gasteiger partial charge in [0.15, 0.2) is 5.82 Å². The van der Waals surface area contributed by atoms with Crippen molar-refractivity contribution in [2.75, 3.05) is 24.2 Å². The van der Waals surface area contributed by atoms with Crippen molar-refractivity contribution in [1.29, 1.82) is 0 Å². The molecule has 0 unspecified atom stereocenters. The van der Waals surface area contributed by atoms with E-state index in [1.165, 1.54) is 5.56 Å². The molecule has 1 heterocycles. The molecule has 0 aliphatic rings. The quantitative estimate of drug-likeness (QED) is 0.893. The minimum atomic E-state index is 0.782. The lowest BCUT2D eigenvalue weighted by atomic mass is 10.1. The number of aromatic nitrogens is 1. The Hall–Kier alpha value is -2.03. The van der Waals surface area contributed by atoms with Crippen LogP contribution >= 0.6 is 0 Å². The van der Waals surface area contributed by atoms with Gasteiger partial charge in [0.1, 0.15) is 0 Å². The molecule has 0 aliphatic heterocycles. The number of hydrogen-bond donors (Lipinski definition) is 1. The molecule has 2 N–H and O–H groups in total. The molecule has 0 saturated carbocycles. The van der Waals surface area contributed by atoms with Crippen LogP contribution in [0.1, 0.15) is 17.5 Å². The molecule has 0 spiro atoms. The molecule has 0 atom stereocenters. The van der Waals surface area contributed by atoms with Crippen LogP contribution in [0.15, 0.2) is 42.6 Å². The predicted molar refractivity (Wildman–Crippen MR) is 81.4 cm³/mol. The topological polar surface area (TPSA) is 42.2 Å². The van der Waals surface area contributed by atoms with Crippen molar-refractivity contribution < 1.29 is 0 Å². The molecule has 3 heteroatoms.